The number of nitrogens with one attached hydrogen (secondary N) is 1. The second kappa shape index (κ2) is 5.69. The van der Waals surface area contributed by atoms with E-state index in [1.54, 1.807) is 24.3 Å². The van der Waals surface area contributed by atoms with Crippen molar-refractivity contribution in [1.29, 1.82) is 0 Å². The van der Waals surface area contributed by atoms with Gasteiger partial charge < -0.3 is 9.73 Å². The molecule has 1 aromatic heterocycles. The maximum absolute atomic E-state index is 12.8. The topological polar surface area (TPSA) is 42.2 Å². The number of carbonyl (C=O) groups excluding carboxylic acids is 1. The van der Waals surface area contributed by atoms with Crippen LogP contribution >= 0.6 is 0 Å². The lowest BCUT2D eigenvalue weighted by Gasteiger charge is -2.05. The van der Waals surface area contributed by atoms with E-state index in [2.05, 4.69) is 5.32 Å². The van der Waals surface area contributed by atoms with Gasteiger partial charge in [-0.15, -0.1) is 0 Å². The fraction of sp³-hybridized carbons (Fsp3) is 0.267. The van der Waals surface area contributed by atoms with E-state index in [0.717, 1.165) is 5.56 Å². The molecule has 0 saturated carbocycles. The summed E-state index contributed by atoms with van der Waals surface area (Å²) in [7, 11) is 0. The van der Waals surface area contributed by atoms with Gasteiger partial charge in [0, 0.05) is 12.1 Å². The highest BCUT2D eigenvalue weighted by Crippen LogP contribution is 2.22. The van der Waals surface area contributed by atoms with Gasteiger partial charge in [0.2, 0.25) is 0 Å². The molecule has 4 heteroatoms. The van der Waals surface area contributed by atoms with Crippen LogP contribution < -0.4 is 5.32 Å². The lowest BCUT2D eigenvalue weighted by atomic mass is 10.2. The molecule has 1 heterocycles. The van der Waals surface area contributed by atoms with E-state index in [0.29, 0.717) is 18.2 Å². The van der Waals surface area contributed by atoms with E-state index in [4.69, 9.17) is 4.42 Å². The SMILES string of the molecule is CC(C)CNC(=O)c1ccc(-c2ccc(F)cc2)o1. The van der Waals surface area contributed by atoms with Crippen LogP contribution in [0.5, 0.6) is 0 Å². The quantitative estimate of drug-likeness (QED) is 0.915. The van der Waals surface area contributed by atoms with E-state index in [1.807, 2.05) is 13.8 Å². The van der Waals surface area contributed by atoms with Crippen LogP contribution in [0.15, 0.2) is 40.8 Å². The van der Waals surface area contributed by atoms with E-state index in [1.165, 1.54) is 12.1 Å². The molecule has 0 unspecified atom stereocenters. The molecule has 0 radical (unpaired) electrons. The fourth-order valence-electron chi connectivity index (χ4n) is 1.61. The smallest absolute Gasteiger partial charge is 0.287 e. The van der Waals surface area contributed by atoms with Gasteiger partial charge in [-0.25, -0.2) is 4.39 Å². The Morgan fingerprint density at radius 2 is 1.89 bits per heavy atom. The normalized spacial score (nSPS) is 10.7. The molecular formula is C15H16FNO2. The first-order valence-corrected chi connectivity index (χ1v) is 6.20. The molecule has 0 fully saturated rings. The molecule has 0 atom stereocenters. The van der Waals surface area contributed by atoms with Crippen LogP contribution in [0.4, 0.5) is 4.39 Å². The minimum absolute atomic E-state index is 0.234. The number of benzene rings is 1. The number of carbonyl (C=O) groups is 1. The van der Waals surface area contributed by atoms with E-state index in [-0.39, 0.29) is 17.5 Å². The maximum Gasteiger partial charge on any atom is 0.287 e. The van der Waals surface area contributed by atoms with Gasteiger partial charge in [-0.3, -0.25) is 4.79 Å². The van der Waals surface area contributed by atoms with Gasteiger partial charge in [0.25, 0.3) is 5.91 Å². The van der Waals surface area contributed by atoms with Gasteiger partial charge in [-0.1, -0.05) is 13.8 Å². The largest absolute Gasteiger partial charge is 0.451 e. The molecular weight excluding hydrogens is 245 g/mol. The number of halogens is 1. The van der Waals surface area contributed by atoms with Gasteiger partial charge in [0.1, 0.15) is 11.6 Å². The molecule has 0 aliphatic heterocycles. The number of hydrogen-bond donors (Lipinski definition) is 1. The van der Waals surface area contributed by atoms with Crippen molar-refractivity contribution in [3.63, 3.8) is 0 Å². The Labute approximate surface area is 111 Å². The molecule has 0 saturated heterocycles. The minimum Gasteiger partial charge on any atom is -0.451 e. The van der Waals surface area contributed by atoms with E-state index >= 15 is 0 Å². The predicted octanol–water partition coefficient (Wildman–Crippen LogP) is 3.47. The van der Waals surface area contributed by atoms with Crippen molar-refractivity contribution in [2.75, 3.05) is 6.54 Å². The Balaban J connectivity index is 2.10. The van der Waals surface area contributed by atoms with E-state index < -0.39 is 0 Å². The van der Waals surface area contributed by atoms with Crippen LogP contribution in [0.3, 0.4) is 0 Å². The molecule has 1 N–H and O–H groups in total. The minimum atomic E-state index is -0.301. The fourth-order valence-corrected chi connectivity index (χ4v) is 1.61. The van der Waals surface area contributed by atoms with Crippen molar-refractivity contribution < 1.29 is 13.6 Å². The van der Waals surface area contributed by atoms with Crippen LogP contribution in [0, 0.1) is 11.7 Å². The predicted molar refractivity (Wildman–Crippen MR) is 71.3 cm³/mol. The lowest BCUT2D eigenvalue weighted by Crippen LogP contribution is -2.26. The molecule has 0 spiro atoms. The van der Waals surface area contributed by atoms with Crippen molar-refractivity contribution in [2.24, 2.45) is 5.92 Å². The molecule has 100 valence electrons. The third kappa shape index (κ3) is 3.44. The van der Waals surface area contributed by atoms with Crippen LogP contribution in [0.25, 0.3) is 11.3 Å². The second-order valence-corrected chi connectivity index (χ2v) is 4.77. The summed E-state index contributed by atoms with van der Waals surface area (Å²) in [5.74, 6) is 0.664. The molecule has 2 aromatic rings. The lowest BCUT2D eigenvalue weighted by molar-refractivity contribution is 0.0922. The number of amides is 1. The Bertz CT molecular complexity index is 558. The van der Waals surface area contributed by atoms with Crippen LogP contribution in [0.1, 0.15) is 24.4 Å². The summed E-state index contributed by atoms with van der Waals surface area (Å²) < 4.78 is 18.3. The van der Waals surface area contributed by atoms with E-state index in [9.17, 15) is 9.18 Å². The zero-order valence-corrected chi connectivity index (χ0v) is 10.9. The molecule has 0 bridgehead atoms. The Kier molecular flexibility index (Phi) is 4.00. The molecule has 1 amide bonds. The van der Waals surface area contributed by atoms with Gasteiger partial charge in [-0.05, 0) is 42.3 Å². The zero-order chi connectivity index (χ0) is 13.8. The number of hydrogen-bond acceptors (Lipinski definition) is 2. The monoisotopic (exact) mass is 261 g/mol. The number of furan rings is 1. The van der Waals surface area contributed by atoms with Gasteiger partial charge >= 0.3 is 0 Å². The third-order valence-corrected chi connectivity index (χ3v) is 2.63. The molecule has 2 rings (SSSR count). The average molecular weight is 261 g/mol. The zero-order valence-electron chi connectivity index (χ0n) is 10.9. The highest BCUT2D eigenvalue weighted by molar-refractivity contribution is 5.92. The Morgan fingerprint density at radius 1 is 1.21 bits per heavy atom. The number of rotatable bonds is 4. The Morgan fingerprint density at radius 3 is 2.53 bits per heavy atom. The molecule has 0 aliphatic rings. The first-order chi connectivity index (χ1) is 9.06. The van der Waals surface area contributed by atoms with Gasteiger partial charge in [0.15, 0.2) is 5.76 Å². The summed E-state index contributed by atoms with van der Waals surface area (Å²) in [5.41, 5.74) is 0.740. The van der Waals surface area contributed by atoms with Gasteiger partial charge in [0.05, 0.1) is 0 Å². The van der Waals surface area contributed by atoms with Crippen molar-refractivity contribution in [3.8, 4) is 11.3 Å². The standard InChI is InChI=1S/C15H16FNO2/c1-10(2)9-17-15(18)14-8-7-13(19-14)11-3-5-12(16)6-4-11/h3-8,10H,9H2,1-2H3,(H,17,18). The van der Waals surface area contributed by atoms with Crippen molar-refractivity contribution in [2.45, 2.75) is 13.8 Å². The summed E-state index contributed by atoms with van der Waals surface area (Å²) in [4.78, 5) is 11.8. The summed E-state index contributed by atoms with van der Waals surface area (Å²) >= 11 is 0. The average Bonchev–Trinajstić information content (AvgIpc) is 2.86. The highest BCUT2D eigenvalue weighted by atomic mass is 19.1. The first kappa shape index (κ1) is 13.3. The van der Waals surface area contributed by atoms with Crippen LogP contribution in [-0.4, -0.2) is 12.5 Å². The van der Waals surface area contributed by atoms with Crippen LogP contribution in [0.2, 0.25) is 0 Å². The summed E-state index contributed by atoms with van der Waals surface area (Å²) in [5, 5.41) is 2.78. The molecule has 19 heavy (non-hydrogen) atoms. The molecule has 0 aliphatic carbocycles. The second-order valence-electron chi connectivity index (χ2n) is 4.77. The first-order valence-electron chi connectivity index (χ1n) is 6.20. The summed E-state index contributed by atoms with van der Waals surface area (Å²) in [6, 6.07) is 9.27. The third-order valence-electron chi connectivity index (χ3n) is 2.63. The Hall–Kier alpha value is -2.10. The molecule has 1 aromatic carbocycles. The van der Waals surface area contributed by atoms with Crippen molar-refractivity contribution in [3.05, 3.63) is 48.0 Å². The van der Waals surface area contributed by atoms with Gasteiger partial charge in [-0.2, -0.15) is 0 Å². The molecule has 3 nitrogen and oxygen atoms in total. The summed E-state index contributed by atoms with van der Waals surface area (Å²) in [6.45, 7) is 4.64. The highest BCUT2D eigenvalue weighted by Gasteiger charge is 2.12. The van der Waals surface area contributed by atoms with Crippen LogP contribution in [-0.2, 0) is 0 Å². The maximum atomic E-state index is 12.8. The van der Waals surface area contributed by atoms with Crippen molar-refractivity contribution >= 4 is 5.91 Å². The van der Waals surface area contributed by atoms with Crippen molar-refractivity contribution in [1.82, 2.24) is 5.32 Å². The summed E-state index contributed by atoms with van der Waals surface area (Å²) in [6.07, 6.45) is 0.